The first-order chi connectivity index (χ1) is 13.5. The third-order valence-electron chi connectivity index (χ3n) is 3.98. The predicted octanol–water partition coefficient (Wildman–Crippen LogP) is 3.60. The number of hydrogen-bond donors (Lipinski definition) is 0. The zero-order chi connectivity index (χ0) is 20.5. The zero-order valence-electron chi connectivity index (χ0n) is 16.3. The highest BCUT2D eigenvalue weighted by Crippen LogP contribution is 2.27. The monoisotopic (exact) mass is 424 g/mol. The highest BCUT2D eigenvalue weighted by Gasteiger charge is 2.24. The summed E-state index contributed by atoms with van der Waals surface area (Å²) in [6, 6.07) is 3.67. The summed E-state index contributed by atoms with van der Waals surface area (Å²) in [6.45, 7) is 6.43. The number of pyridine rings is 1. The molecule has 2 heterocycles. The van der Waals surface area contributed by atoms with E-state index in [0.717, 1.165) is 5.69 Å². The predicted molar refractivity (Wildman–Crippen MR) is 112 cm³/mol. The van der Waals surface area contributed by atoms with Crippen LogP contribution in [0.25, 0.3) is 5.69 Å². The Hall–Kier alpha value is -2.06. The molecule has 0 bridgehead atoms. The van der Waals surface area contributed by atoms with E-state index in [1.54, 1.807) is 46.9 Å². The van der Waals surface area contributed by atoms with Crippen LogP contribution in [0.5, 0.6) is 0 Å². The minimum atomic E-state index is -0.218. The topological polar surface area (TPSA) is 77.3 Å². The molecule has 0 fully saturated rings. The highest BCUT2D eigenvalue weighted by molar-refractivity contribution is 7.99. The van der Waals surface area contributed by atoms with Gasteiger partial charge < -0.3 is 9.64 Å². The molecule has 1 atom stereocenters. The van der Waals surface area contributed by atoms with Crippen LogP contribution in [0.3, 0.4) is 0 Å². The lowest BCUT2D eigenvalue weighted by Crippen LogP contribution is -2.36. The lowest BCUT2D eigenvalue weighted by Gasteiger charge is -2.23. The molecule has 0 aliphatic rings. The fraction of sp³-hybridized carbons (Fsp3) is 0.474. The van der Waals surface area contributed by atoms with Gasteiger partial charge in [0.15, 0.2) is 5.15 Å². The number of anilines is 1. The van der Waals surface area contributed by atoms with Crippen LogP contribution in [0.15, 0.2) is 30.7 Å². The summed E-state index contributed by atoms with van der Waals surface area (Å²) in [4.78, 5) is 30.0. The number of ether oxygens (including phenoxy) is 1. The summed E-state index contributed by atoms with van der Waals surface area (Å²) in [6.07, 6.45) is 5.44. The van der Waals surface area contributed by atoms with Crippen LogP contribution in [0.2, 0.25) is 5.15 Å². The molecule has 7 nitrogen and oxygen atoms in total. The molecule has 0 aliphatic carbocycles. The Bertz CT molecular complexity index is 785. The van der Waals surface area contributed by atoms with E-state index in [0.29, 0.717) is 36.8 Å². The van der Waals surface area contributed by atoms with Gasteiger partial charge in [-0.1, -0.05) is 18.5 Å². The van der Waals surface area contributed by atoms with Gasteiger partial charge in [0.2, 0.25) is 5.91 Å². The maximum Gasteiger partial charge on any atom is 0.306 e. The van der Waals surface area contributed by atoms with Crippen molar-refractivity contribution >= 4 is 40.9 Å². The number of carbonyl (C=O) groups excluding carboxylic acids is 2. The molecule has 1 amide bonds. The Balaban J connectivity index is 1.99. The molecule has 0 aliphatic heterocycles. The normalized spacial score (nSPS) is 11.9. The number of nitrogens with zero attached hydrogens (tertiary/aromatic N) is 4. The number of carbonyl (C=O) groups is 2. The second-order valence-electron chi connectivity index (χ2n) is 6.07. The number of hydrogen-bond acceptors (Lipinski definition) is 6. The first kappa shape index (κ1) is 22.2. The van der Waals surface area contributed by atoms with Gasteiger partial charge in [0.05, 0.1) is 31.1 Å². The number of halogens is 1. The molecule has 28 heavy (non-hydrogen) atoms. The van der Waals surface area contributed by atoms with Gasteiger partial charge in [-0.3, -0.25) is 14.6 Å². The van der Waals surface area contributed by atoms with Crippen LogP contribution in [-0.2, 0) is 14.3 Å². The van der Waals surface area contributed by atoms with Crippen molar-refractivity contribution in [3.8, 4) is 5.69 Å². The lowest BCUT2D eigenvalue weighted by atomic mass is 10.2. The summed E-state index contributed by atoms with van der Waals surface area (Å²) in [5.41, 5.74) is 1.34. The number of esters is 1. The zero-order valence-corrected chi connectivity index (χ0v) is 17.9. The van der Waals surface area contributed by atoms with Gasteiger partial charge in [0, 0.05) is 30.2 Å². The standard InChI is InChI=1S/C19H25ClN4O3S/c1-4-23(19(26)14(3)13-28-10-8-17(25)27-5-2)16-12-24(22-18(16)20)15-7-6-9-21-11-15/h6-7,9,11-12,14H,4-5,8,10,13H2,1-3H3. The van der Waals surface area contributed by atoms with Crippen molar-refractivity contribution in [1.82, 2.24) is 14.8 Å². The minimum absolute atomic E-state index is 0.0289. The van der Waals surface area contributed by atoms with Gasteiger partial charge in [0.25, 0.3) is 0 Å². The summed E-state index contributed by atoms with van der Waals surface area (Å²) in [5.74, 6) is 0.785. The van der Waals surface area contributed by atoms with E-state index in [2.05, 4.69) is 10.1 Å². The van der Waals surface area contributed by atoms with E-state index >= 15 is 0 Å². The summed E-state index contributed by atoms with van der Waals surface area (Å²) in [5, 5.41) is 4.56. The van der Waals surface area contributed by atoms with Crippen LogP contribution < -0.4 is 4.90 Å². The van der Waals surface area contributed by atoms with Gasteiger partial charge in [-0.2, -0.15) is 16.9 Å². The fourth-order valence-corrected chi connectivity index (χ4v) is 3.78. The molecule has 9 heteroatoms. The Morgan fingerprint density at radius 2 is 2.18 bits per heavy atom. The van der Waals surface area contributed by atoms with Crippen LogP contribution in [0.1, 0.15) is 27.2 Å². The van der Waals surface area contributed by atoms with E-state index in [-0.39, 0.29) is 22.9 Å². The van der Waals surface area contributed by atoms with Gasteiger partial charge in [-0.05, 0) is 26.0 Å². The third-order valence-corrected chi connectivity index (χ3v) is 5.48. The van der Waals surface area contributed by atoms with Crippen molar-refractivity contribution in [2.45, 2.75) is 27.2 Å². The highest BCUT2D eigenvalue weighted by atomic mass is 35.5. The first-order valence-corrected chi connectivity index (χ1v) is 10.7. The fourth-order valence-electron chi connectivity index (χ4n) is 2.58. The third kappa shape index (κ3) is 5.97. The summed E-state index contributed by atoms with van der Waals surface area (Å²) < 4.78 is 6.52. The molecule has 1 unspecified atom stereocenters. The van der Waals surface area contributed by atoms with E-state index in [1.807, 2.05) is 26.0 Å². The van der Waals surface area contributed by atoms with Crippen molar-refractivity contribution in [2.24, 2.45) is 5.92 Å². The quantitative estimate of drug-likeness (QED) is 0.428. The molecule has 0 aromatic carbocycles. The average Bonchev–Trinajstić information content (AvgIpc) is 3.08. The second kappa shape index (κ2) is 11.1. The molecule has 2 aromatic heterocycles. The summed E-state index contributed by atoms with van der Waals surface area (Å²) >= 11 is 7.87. The lowest BCUT2D eigenvalue weighted by molar-refractivity contribution is -0.142. The van der Waals surface area contributed by atoms with Crippen molar-refractivity contribution in [1.29, 1.82) is 0 Å². The number of thioether (sulfide) groups is 1. The van der Waals surface area contributed by atoms with Gasteiger partial charge in [0.1, 0.15) is 5.69 Å². The number of amides is 1. The van der Waals surface area contributed by atoms with Crippen molar-refractivity contribution in [3.63, 3.8) is 0 Å². The van der Waals surface area contributed by atoms with Crippen LogP contribution in [-0.4, -0.2) is 51.3 Å². The Morgan fingerprint density at radius 3 is 2.82 bits per heavy atom. The SMILES string of the molecule is CCOC(=O)CCSCC(C)C(=O)N(CC)c1cn(-c2cccnc2)nc1Cl. The molecule has 0 saturated carbocycles. The molecule has 2 aromatic rings. The minimum Gasteiger partial charge on any atom is -0.466 e. The number of rotatable bonds is 10. The van der Waals surface area contributed by atoms with E-state index in [1.165, 1.54) is 0 Å². The van der Waals surface area contributed by atoms with Crippen molar-refractivity contribution in [2.75, 3.05) is 29.6 Å². The van der Waals surface area contributed by atoms with Gasteiger partial charge >= 0.3 is 5.97 Å². The van der Waals surface area contributed by atoms with Crippen molar-refractivity contribution < 1.29 is 14.3 Å². The molecule has 0 saturated heterocycles. The Morgan fingerprint density at radius 1 is 1.39 bits per heavy atom. The van der Waals surface area contributed by atoms with E-state index in [4.69, 9.17) is 16.3 Å². The maximum absolute atomic E-state index is 12.9. The number of aromatic nitrogens is 3. The van der Waals surface area contributed by atoms with Crippen LogP contribution in [0.4, 0.5) is 5.69 Å². The van der Waals surface area contributed by atoms with Crippen LogP contribution in [0, 0.1) is 5.92 Å². The maximum atomic E-state index is 12.9. The molecule has 0 N–H and O–H groups in total. The Labute approximate surface area is 174 Å². The van der Waals surface area contributed by atoms with Gasteiger partial charge in [-0.25, -0.2) is 4.68 Å². The summed E-state index contributed by atoms with van der Waals surface area (Å²) in [7, 11) is 0. The molecule has 0 spiro atoms. The van der Waals surface area contributed by atoms with Crippen molar-refractivity contribution in [3.05, 3.63) is 35.9 Å². The Kier molecular flexibility index (Phi) is 8.79. The molecular weight excluding hydrogens is 400 g/mol. The average molecular weight is 425 g/mol. The van der Waals surface area contributed by atoms with E-state index in [9.17, 15) is 9.59 Å². The largest absolute Gasteiger partial charge is 0.466 e. The second-order valence-corrected chi connectivity index (χ2v) is 7.58. The van der Waals surface area contributed by atoms with Gasteiger partial charge in [-0.15, -0.1) is 0 Å². The molecule has 152 valence electrons. The van der Waals surface area contributed by atoms with E-state index < -0.39 is 0 Å². The molecule has 2 rings (SSSR count). The van der Waals surface area contributed by atoms with Crippen LogP contribution >= 0.6 is 23.4 Å². The smallest absolute Gasteiger partial charge is 0.306 e. The molecular formula is C19H25ClN4O3S. The first-order valence-electron chi connectivity index (χ1n) is 9.18. The molecule has 0 radical (unpaired) electrons.